The van der Waals surface area contributed by atoms with Crippen LogP contribution in [-0.4, -0.2) is 50.0 Å². The molecule has 1 amide bonds. The topological polar surface area (TPSA) is 112 Å². The summed E-state index contributed by atoms with van der Waals surface area (Å²) < 4.78 is 13.9. The van der Waals surface area contributed by atoms with Gasteiger partial charge in [0.1, 0.15) is 17.2 Å². The Morgan fingerprint density at radius 1 is 1.05 bits per heavy atom. The van der Waals surface area contributed by atoms with Crippen molar-refractivity contribution in [2.45, 2.75) is 64.3 Å². The number of benzene rings is 1. The Labute approximate surface area is 227 Å². The lowest BCUT2D eigenvalue weighted by molar-refractivity contribution is 0.0505. The monoisotopic (exact) mass is 530 g/mol. The van der Waals surface area contributed by atoms with Crippen LogP contribution < -0.4 is 21.1 Å². The van der Waals surface area contributed by atoms with E-state index in [1.165, 1.54) is 0 Å². The van der Waals surface area contributed by atoms with E-state index < -0.39 is 5.60 Å². The van der Waals surface area contributed by atoms with Gasteiger partial charge in [0, 0.05) is 18.3 Å². The number of alkyl carbamates (subject to hydrolysis) is 1. The number of hydrogen-bond donors (Lipinski definition) is 2. The van der Waals surface area contributed by atoms with Crippen LogP contribution in [0.25, 0.3) is 16.9 Å². The highest BCUT2D eigenvalue weighted by Gasteiger charge is 2.28. The summed E-state index contributed by atoms with van der Waals surface area (Å²) in [7, 11) is 1.63. The molecule has 0 unspecified atom stereocenters. The number of anilines is 1. The van der Waals surface area contributed by atoms with E-state index in [9.17, 15) is 9.59 Å². The van der Waals surface area contributed by atoms with E-state index >= 15 is 0 Å². The fourth-order valence-corrected chi connectivity index (χ4v) is 4.92. The SMILES string of the molecule is COc1ccc(Cn2c(=O)n(-c3ccc(N[C@H]4CC[C@H](NC(=O)OC(C)(C)C)C4)nc3)c3cccnc32)cc1. The zero-order valence-corrected chi connectivity index (χ0v) is 22.7. The van der Waals surface area contributed by atoms with E-state index in [4.69, 9.17) is 9.47 Å². The molecule has 3 aromatic heterocycles. The fourth-order valence-electron chi connectivity index (χ4n) is 4.92. The van der Waals surface area contributed by atoms with Gasteiger partial charge < -0.3 is 20.1 Å². The van der Waals surface area contributed by atoms with Gasteiger partial charge in [-0.05, 0) is 82.0 Å². The minimum atomic E-state index is -0.522. The molecule has 4 aromatic rings. The molecule has 3 heterocycles. The molecule has 1 fully saturated rings. The molecule has 1 aliphatic carbocycles. The first-order chi connectivity index (χ1) is 18.7. The highest BCUT2D eigenvalue weighted by Crippen LogP contribution is 2.24. The van der Waals surface area contributed by atoms with E-state index in [1.54, 1.807) is 28.6 Å². The normalized spacial score (nSPS) is 17.2. The Hall–Kier alpha value is -4.34. The van der Waals surface area contributed by atoms with Gasteiger partial charge in [0.15, 0.2) is 5.65 Å². The van der Waals surface area contributed by atoms with Crippen LogP contribution in [0.4, 0.5) is 10.6 Å². The van der Waals surface area contributed by atoms with Crippen LogP contribution in [-0.2, 0) is 11.3 Å². The molecule has 1 aromatic carbocycles. The summed E-state index contributed by atoms with van der Waals surface area (Å²) in [6, 6.07) is 15.3. The average Bonchev–Trinajstić information content (AvgIpc) is 3.45. The third kappa shape index (κ3) is 6.05. The molecule has 204 valence electrons. The minimum Gasteiger partial charge on any atom is -0.497 e. The smallest absolute Gasteiger partial charge is 0.407 e. The maximum absolute atomic E-state index is 13.6. The summed E-state index contributed by atoms with van der Waals surface area (Å²) in [6.07, 6.45) is 5.56. The van der Waals surface area contributed by atoms with Gasteiger partial charge in [-0.25, -0.2) is 19.6 Å². The number of methoxy groups -OCH3 is 1. The lowest BCUT2D eigenvalue weighted by Gasteiger charge is -2.22. The summed E-state index contributed by atoms with van der Waals surface area (Å²) in [5.74, 6) is 1.48. The summed E-state index contributed by atoms with van der Waals surface area (Å²) in [4.78, 5) is 34.7. The molecule has 0 aliphatic heterocycles. The van der Waals surface area contributed by atoms with Crippen molar-refractivity contribution in [2.75, 3.05) is 12.4 Å². The lowest BCUT2D eigenvalue weighted by atomic mass is 10.2. The number of carbonyl (C=O) groups is 1. The zero-order valence-electron chi connectivity index (χ0n) is 22.7. The number of amides is 1. The number of fused-ring (bicyclic) bond motifs is 1. The van der Waals surface area contributed by atoms with Crippen molar-refractivity contribution in [3.05, 3.63) is 77.0 Å². The van der Waals surface area contributed by atoms with E-state index in [-0.39, 0.29) is 23.9 Å². The molecule has 10 heteroatoms. The number of nitrogens with one attached hydrogen (secondary N) is 2. The van der Waals surface area contributed by atoms with Crippen molar-refractivity contribution in [1.82, 2.24) is 24.4 Å². The molecule has 1 aliphatic rings. The molecular weight excluding hydrogens is 496 g/mol. The van der Waals surface area contributed by atoms with Crippen LogP contribution in [0.2, 0.25) is 0 Å². The summed E-state index contributed by atoms with van der Waals surface area (Å²) in [6.45, 7) is 5.94. The molecule has 0 saturated heterocycles. The Kier molecular flexibility index (Phi) is 7.28. The van der Waals surface area contributed by atoms with E-state index in [2.05, 4.69) is 20.6 Å². The Bertz CT molecular complexity index is 1500. The molecule has 10 nitrogen and oxygen atoms in total. The third-order valence-corrected chi connectivity index (χ3v) is 6.70. The van der Waals surface area contributed by atoms with Crippen LogP contribution in [0.15, 0.2) is 65.7 Å². The van der Waals surface area contributed by atoms with Gasteiger partial charge in [0.25, 0.3) is 0 Å². The average molecular weight is 531 g/mol. The van der Waals surface area contributed by atoms with Gasteiger partial charge in [0.2, 0.25) is 0 Å². The summed E-state index contributed by atoms with van der Waals surface area (Å²) >= 11 is 0. The molecule has 0 bridgehead atoms. The number of hydrogen-bond acceptors (Lipinski definition) is 7. The molecule has 2 N–H and O–H groups in total. The first kappa shape index (κ1) is 26.3. The number of ether oxygens (including phenoxy) is 2. The second kappa shape index (κ2) is 10.8. The Morgan fingerprint density at radius 3 is 2.51 bits per heavy atom. The van der Waals surface area contributed by atoms with Crippen molar-refractivity contribution >= 4 is 23.1 Å². The zero-order chi connectivity index (χ0) is 27.6. The number of aromatic nitrogens is 4. The van der Waals surface area contributed by atoms with Crippen molar-refractivity contribution in [2.24, 2.45) is 0 Å². The second-order valence-electron chi connectivity index (χ2n) is 10.8. The first-order valence-electron chi connectivity index (χ1n) is 13.1. The van der Waals surface area contributed by atoms with Gasteiger partial charge in [-0.2, -0.15) is 0 Å². The number of nitrogens with zero attached hydrogens (tertiary/aromatic N) is 4. The van der Waals surface area contributed by atoms with Gasteiger partial charge in [-0.1, -0.05) is 12.1 Å². The van der Waals surface area contributed by atoms with Crippen molar-refractivity contribution in [1.29, 1.82) is 0 Å². The largest absolute Gasteiger partial charge is 0.497 e. The molecule has 39 heavy (non-hydrogen) atoms. The predicted octanol–water partition coefficient (Wildman–Crippen LogP) is 4.50. The number of rotatable bonds is 7. The van der Waals surface area contributed by atoms with Crippen molar-refractivity contribution in [3.63, 3.8) is 0 Å². The standard InChI is InChI=1S/C29H34N6O4/c1-29(2,3)39-27(36)33-21-10-9-20(16-21)32-25-14-11-22(17-31-25)35-24-6-5-15-30-26(24)34(28(35)37)18-19-7-12-23(38-4)13-8-19/h5-8,11-15,17,20-21H,9-10,16,18H2,1-4H3,(H,31,32)(H,33,36)/t20-,21-/m0/s1. The highest BCUT2D eigenvalue weighted by molar-refractivity contribution is 5.74. The van der Waals surface area contributed by atoms with Gasteiger partial charge in [-0.3, -0.25) is 9.13 Å². The minimum absolute atomic E-state index is 0.0551. The molecule has 0 spiro atoms. The fraction of sp³-hybridized carbons (Fsp3) is 0.379. The lowest BCUT2D eigenvalue weighted by Crippen LogP contribution is -2.38. The van der Waals surface area contributed by atoms with Crippen LogP contribution >= 0.6 is 0 Å². The second-order valence-corrected chi connectivity index (χ2v) is 10.8. The van der Waals surface area contributed by atoms with E-state index in [0.717, 1.165) is 36.4 Å². The number of pyridine rings is 2. The third-order valence-electron chi connectivity index (χ3n) is 6.70. The first-order valence-corrected chi connectivity index (χ1v) is 13.1. The molecule has 5 rings (SSSR count). The van der Waals surface area contributed by atoms with Crippen molar-refractivity contribution < 1.29 is 14.3 Å². The number of carbonyl (C=O) groups excluding carboxylic acids is 1. The molecular formula is C29H34N6O4. The highest BCUT2D eigenvalue weighted by atomic mass is 16.6. The Balaban J connectivity index is 1.30. The Morgan fingerprint density at radius 2 is 1.82 bits per heavy atom. The van der Waals surface area contributed by atoms with Crippen LogP contribution in [0.1, 0.15) is 45.6 Å². The molecule has 2 atom stereocenters. The molecule has 1 saturated carbocycles. The maximum atomic E-state index is 13.6. The molecule has 0 radical (unpaired) electrons. The summed E-state index contributed by atoms with van der Waals surface area (Å²) in [5.41, 5.74) is 2.24. The predicted molar refractivity (Wildman–Crippen MR) is 150 cm³/mol. The van der Waals surface area contributed by atoms with Crippen molar-refractivity contribution in [3.8, 4) is 11.4 Å². The van der Waals surface area contributed by atoms with Crippen LogP contribution in [0.3, 0.4) is 0 Å². The van der Waals surface area contributed by atoms with Crippen LogP contribution in [0, 0.1) is 0 Å². The maximum Gasteiger partial charge on any atom is 0.407 e. The summed E-state index contributed by atoms with van der Waals surface area (Å²) in [5, 5.41) is 6.41. The van der Waals surface area contributed by atoms with Gasteiger partial charge >= 0.3 is 11.8 Å². The van der Waals surface area contributed by atoms with Gasteiger partial charge in [0.05, 0.1) is 31.1 Å². The van der Waals surface area contributed by atoms with Crippen LogP contribution in [0.5, 0.6) is 5.75 Å². The van der Waals surface area contributed by atoms with E-state index in [0.29, 0.717) is 23.4 Å². The number of imidazole rings is 1. The quantitative estimate of drug-likeness (QED) is 0.362. The van der Waals surface area contributed by atoms with E-state index in [1.807, 2.05) is 69.3 Å². The van der Waals surface area contributed by atoms with Gasteiger partial charge in [-0.15, -0.1) is 0 Å².